The maximum atomic E-state index is 10.0. The van der Waals surface area contributed by atoms with Gasteiger partial charge >= 0.3 is 0 Å². The van der Waals surface area contributed by atoms with Crippen molar-refractivity contribution in [2.24, 2.45) is 5.73 Å². The first-order valence-electron chi connectivity index (χ1n) is 6.80. The van der Waals surface area contributed by atoms with Crippen LogP contribution < -0.4 is 5.73 Å². The number of nitrogens with two attached hydrogens (primary N) is 1. The highest BCUT2D eigenvalue weighted by molar-refractivity contribution is 7.16. The molecule has 3 rings (SSSR count). The molecule has 1 fully saturated rings. The van der Waals surface area contributed by atoms with Gasteiger partial charge in [-0.3, -0.25) is 0 Å². The number of hydrogen-bond acceptors (Lipinski definition) is 7. The molecular weight excluding hydrogens is 278 g/mol. The molecule has 2 aromatic heterocycles. The summed E-state index contributed by atoms with van der Waals surface area (Å²) < 4.78 is 7.18. The van der Waals surface area contributed by atoms with E-state index in [9.17, 15) is 5.11 Å². The van der Waals surface area contributed by atoms with E-state index in [0.29, 0.717) is 12.3 Å². The second kappa shape index (κ2) is 5.36. The largest absolute Gasteiger partial charge is 0.388 e. The van der Waals surface area contributed by atoms with Crippen LogP contribution in [0.5, 0.6) is 0 Å². The Morgan fingerprint density at radius 1 is 1.45 bits per heavy atom. The molecule has 110 valence electrons. The van der Waals surface area contributed by atoms with E-state index in [0.717, 1.165) is 41.8 Å². The Balaban J connectivity index is 1.86. The Morgan fingerprint density at radius 3 is 2.90 bits per heavy atom. The van der Waals surface area contributed by atoms with Gasteiger partial charge in [-0.25, -0.2) is 0 Å². The van der Waals surface area contributed by atoms with Crippen LogP contribution in [0.1, 0.15) is 36.5 Å². The van der Waals surface area contributed by atoms with Gasteiger partial charge < -0.3 is 15.6 Å². The van der Waals surface area contributed by atoms with Crippen molar-refractivity contribution in [3.05, 3.63) is 10.8 Å². The molecule has 7 nitrogen and oxygen atoms in total. The van der Waals surface area contributed by atoms with E-state index in [1.54, 1.807) is 6.92 Å². The van der Waals surface area contributed by atoms with Gasteiger partial charge in [0.2, 0.25) is 4.96 Å². The van der Waals surface area contributed by atoms with Gasteiger partial charge in [0.15, 0.2) is 5.82 Å². The summed E-state index contributed by atoms with van der Waals surface area (Å²) in [5.74, 6) is 1.25. The highest BCUT2D eigenvalue weighted by Gasteiger charge is 2.25. The maximum absolute atomic E-state index is 10.0. The number of aliphatic hydroxyl groups is 1. The molecule has 0 radical (unpaired) electrons. The zero-order valence-corrected chi connectivity index (χ0v) is 12.3. The minimum Gasteiger partial charge on any atom is -0.388 e. The van der Waals surface area contributed by atoms with Gasteiger partial charge in [0.25, 0.3) is 0 Å². The number of aromatic nitrogens is 4. The maximum Gasteiger partial charge on any atom is 0.234 e. The third-order valence-electron chi connectivity index (χ3n) is 3.62. The molecule has 3 heterocycles. The lowest BCUT2D eigenvalue weighted by molar-refractivity contribution is 0.0693. The molecule has 0 aromatic carbocycles. The van der Waals surface area contributed by atoms with Crippen LogP contribution in [-0.2, 0) is 11.2 Å². The first kappa shape index (κ1) is 13.9. The molecular formula is C12H19N5O2S. The Morgan fingerprint density at radius 2 is 2.20 bits per heavy atom. The summed E-state index contributed by atoms with van der Waals surface area (Å²) in [6, 6.07) is 0. The zero-order valence-electron chi connectivity index (χ0n) is 11.4. The van der Waals surface area contributed by atoms with Gasteiger partial charge in [-0.15, -0.1) is 10.2 Å². The third-order valence-corrected chi connectivity index (χ3v) is 4.51. The van der Waals surface area contributed by atoms with Crippen LogP contribution in [-0.4, -0.2) is 50.3 Å². The molecule has 1 aliphatic rings. The molecule has 20 heavy (non-hydrogen) atoms. The minimum atomic E-state index is -0.928. The van der Waals surface area contributed by atoms with Crippen molar-refractivity contribution < 1.29 is 9.84 Å². The molecule has 2 aromatic rings. The first-order chi connectivity index (χ1) is 9.59. The number of hydrogen-bond donors (Lipinski definition) is 2. The molecule has 0 bridgehead atoms. The van der Waals surface area contributed by atoms with E-state index in [4.69, 9.17) is 10.5 Å². The standard InChI is InChI=1S/C12H19N5O2S/c1-12(18,7-13)6-9-16-17-10(14-15-11(17)20-9)8-2-4-19-5-3-8/h8,18H,2-7,13H2,1H3. The van der Waals surface area contributed by atoms with Crippen LogP contribution in [0.15, 0.2) is 0 Å². The molecule has 1 saturated heterocycles. The van der Waals surface area contributed by atoms with E-state index in [1.165, 1.54) is 11.3 Å². The average Bonchev–Trinajstić information content (AvgIpc) is 2.99. The molecule has 0 amide bonds. The highest BCUT2D eigenvalue weighted by atomic mass is 32.1. The molecule has 1 atom stereocenters. The van der Waals surface area contributed by atoms with Crippen molar-refractivity contribution in [3.63, 3.8) is 0 Å². The first-order valence-corrected chi connectivity index (χ1v) is 7.62. The quantitative estimate of drug-likeness (QED) is 0.844. The number of rotatable bonds is 4. The fourth-order valence-corrected chi connectivity index (χ4v) is 3.37. The number of nitrogens with zero attached hydrogens (tertiary/aromatic N) is 4. The number of fused-ring (bicyclic) bond motifs is 1. The van der Waals surface area contributed by atoms with Crippen LogP contribution in [0.3, 0.4) is 0 Å². The topological polar surface area (TPSA) is 98.6 Å². The summed E-state index contributed by atoms with van der Waals surface area (Å²) in [4.78, 5) is 0.773. The van der Waals surface area contributed by atoms with Crippen LogP contribution in [0.25, 0.3) is 4.96 Å². The molecule has 0 saturated carbocycles. The lowest BCUT2D eigenvalue weighted by Gasteiger charge is -2.20. The summed E-state index contributed by atoms with van der Waals surface area (Å²) in [5.41, 5.74) is 4.62. The van der Waals surface area contributed by atoms with E-state index in [2.05, 4.69) is 15.3 Å². The van der Waals surface area contributed by atoms with Gasteiger partial charge in [0, 0.05) is 32.1 Å². The molecule has 3 N–H and O–H groups in total. The van der Waals surface area contributed by atoms with Crippen molar-refractivity contribution in [1.82, 2.24) is 19.8 Å². The van der Waals surface area contributed by atoms with Gasteiger partial charge in [-0.2, -0.15) is 9.61 Å². The Bertz CT molecular complexity index is 588. The second-order valence-electron chi connectivity index (χ2n) is 5.51. The van der Waals surface area contributed by atoms with Crippen LogP contribution in [0.2, 0.25) is 0 Å². The fraction of sp³-hybridized carbons (Fsp3) is 0.750. The summed E-state index contributed by atoms with van der Waals surface area (Å²) in [6.07, 6.45) is 2.34. The van der Waals surface area contributed by atoms with Gasteiger partial charge in [0.1, 0.15) is 5.01 Å². The molecule has 0 spiro atoms. The summed E-state index contributed by atoms with van der Waals surface area (Å²) in [7, 11) is 0. The molecule has 0 aliphatic carbocycles. The molecule has 1 aliphatic heterocycles. The van der Waals surface area contributed by atoms with Gasteiger partial charge in [0.05, 0.1) is 5.60 Å². The Hall–Kier alpha value is -1.09. The van der Waals surface area contributed by atoms with Crippen molar-refractivity contribution in [2.45, 2.75) is 37.7 Å². The van der Waals surface area contributed by atoms with Crippen molar-refractivity contribution in [2.75, 3.05) is 19.8 Å². The van der Waals surface area contributed by atoms with Crippen molar-refractivity contribution in [1.29, 1.82) is 0 Å². The van der Waals surface area contributed by atoms with E-state index in [1.807, 2.05) is 4.52 Å². The smallest absolute Gasteiger partial charge is 0.234 e. The normalized spacial score (nSPS) is 20.4. The fourth-order valence-electron chi connectivity index (χ4n) is 2.35. The van der Waals surface area contributed by atoms with Gasteiger partial charge in [-0.05, 0) is 19.8 Å². The van der Waals surface area contributed by atoms with E-state index < -0.39 is 5.60 Å². The Kier molecular flexibility index (Phi) is 3.72. The van der Waals surface area contributed by atoms with Crippen LogP contribution >= 0.6 is 11.3 Å². The lowest BCUT2D eigenvalue weighted by Crippen LogP contribution is -2.36. The minimum absolute atomic E-state index is 0.208. The lowest BCUT2D eigenvalue weighted by atomic mass is 10.00. The monoisotopic (exact) mass is 297 g/mol. The number of ether oxygens (including phenoxy) is 1. The molecule has 1 unspecified atom stereocenters. The van der Waals surface area contributed by atoms with Crippen molar-refractivity contribution >= 4 is 16.3 Å². The van der Waals surface area contributed by atoms with Crippen molar-refractivity contribution in [3.8, 4) is 0 Å². The van der Waals surface area contributed by atoms with Crippen LogP contribution in [0.4, 0.5) is 0 Å². The van der Waals surface area contributed by atoms with E-state index in [-0.39, 0.29) is 6.54 Å². The third kappa shape index (κ3) is 2.69. The average molecular weight is 297 g/mol. The molecule has 8 heteroatoms. The Labute approximate surface area is 120 Å². The predicted molar refractivity (Wildman–Crippen MR) is 74.8 cm³/mol. The second-order valence-corrected chi connectivity index (χ2v) is 6.55. The zero-order chi connectivity index (χ0) is 14.2. The van der Waals surface area contributed by atoms with Gasteiger partial charge in [-0.1, -0.05) is 11.3 Å². The summed E-state index contributed by atoms with van der Waals surface area (Å²) in [5, 5.41) is 23.8. The summed E-state index contributed by atoms with van der Waals surface area (Å²) in [6.45, 7) is 3.45. The van der Waals surface area contributed by atoms with Crippen LogP contribution in [0, 0.1) is 0 Å². The predicted octanol–water partition coefficient (Wildman–Crippen LogP) is 0.332. The highest BCUT2D eigenvalue weighted by Crippen LogP contribution is 2.27. The van der Waals surface area contributed by atoms with E-state index >= 15 is 0 Å². The summed E-state index contributed by atoms with van der Waals surface area (Å²) >= 11 is 1.46. The SMILES string of the molecule is CC(O)(CN)Cc1nn2c(C3CCOCC3)nnc2s1.